The first-order valence-corrected chi connectivity index (χ1v) is 9.65. The number of primary amides is 2. The molecular weight excluding hydrogens is 406 g/mol. The number of ether oxygens (including phenoxy) is 1. The number of hydrogen-bond donors (Lipinski definition) is 3. The molecule has 0 bridgehead atoms. The molecule has 0 saturated carbocycles. The van der Waals surface area contributed by atoms with Gasteiger partial charge in [0.1, 0.15) is 0 Å². The van der Waals surface area contributed by atoms with Crippen molar-refractivity contribution in [1.82, 2.24) is 15.2 Å². The van der Waals surface area contributed by atoms with Crippen LogP contribution in [0.2, 0.25) is 0 Å². The lowest BCUT2D eigenvalue weighted by atomic mass is 9.97. The molecule has 2 saturated heterocycles. The van der Waals surface area contributed by atoms with Crippen LogP contribution in [0.1, 0.15) is 54.7 Å². The summed E-state index contributed by atoms with van der Waals surface area (Å²) < 4.78 is 11.2. The third-order valence-electron chi connectivity index (χ3n) is 5.49. The summed E-state index contributed by atoms with van der Waals surface area (Å²) in [5.74, 6) is -2.19. The second-order valence-electron chi connectivity index (χ2n) is 7.70. The van der Waals surface area contributed by atoms with E-state index in [1.54, 1.807) is 4.90 Å². The summed E-state index contributed by atoms with van der Waals surface area (Å²) >= 11 is 0. The van der Waals surface area contributed by atoms with Crippen LogP contribution in [0.3, 0.4) is 0 Å². The van der Waals surface area contributed by atoms with Crippen LogP contribution in [-0.4, -0.2) is 64.9 Å². The van der Waals surface area contributed by atoms with Gasteiger partial charge in [-0.05, 0) is 24.6 Å². The van der Waals surface area contributed by atoms with E-state index < -0.39 is 17.4 Å². The van der Waals surface area contributed by atoms with Crippen LogP contribution in [0.25, 0.3) is 0 Å². The fourth-order valence-corrected chi connectivity index (χ4v) is 3.95. The van der Waals surface area contributed by atoms with E-state index in [1.807, 2.05) is 0 Å². The van der Waals surface area contributed by atoms with Gasteiger partial charge in [-0.15, -0.1) is 0 Å². The number of likely N-dealkylation sites (tertiary alicyclic amines) is 1. The molecule has 5 N–H and O–H groups in total. The maximum atomic E-state index is 12.7. The number of nitrogens with zero attached hydrogens (tertiary/aromatic N) is 2. The molecule has 2 unspecified atom stereocenters. The first-order valence-electron chi connectivity index (χ1n) is 9.65. The molecule has 11 heteroatoms. The predicted octanol–water partition coefficient (Wildman–Crippen LogP) is -0.324. The highest BCUT2D eigenvalue weighted by Crippen LogP contribution is 2.36. The van der Waals surface area contributed by atoms with Gasteiger partial charge in [-0.2, -0.15) is 0 Å². The van der Waals surface area contributed by atoms with Crippen LogP contribution in [0, 0.1) is 0 Å². The largest absolute Gasteiger partial charge is 0.446 e. The lowest BCUT2D eigenvalue weighted by molar-refractivity contribution is 0.0117. The number of pyridine rings is 1. The topological polar surface area (TPSA) is 171 Å². The number of rotatable bonds is 5. The molecule has 4 heterocycles. The molecule has 2 aromatic heterocycles. The van der Waals surface area contributed by atoms with Crippen molar-refractivity contribution in [2.75, 3.05) is 19.7 Å². The lowest BCUT2D eigenvalue weighted by Crippen LogP contribution is -2.38. The molecule has 1 spiro atoms. The van der Waals surface area contributed by atoms with E-state index in [1.165, 1.54) is 30.6 Å². The van der Waals surface area contributed by atoms with Crippen LogP contribution < -0.4 is 16.8 Å². The van der Waals surface area contributed by atoms with Gasteiger partial charge in [-0.25, -0.2) is 0 Å². The van der Waals surface area contributed by atoms with Gasteiger partial charge >= 0.3 is 0 Å². The summed E-state index contributed by atoms with van der Waals surface area (Å²) in [6.45, 7) is 1.09. The van der Waals surface area contributed by atoms with E-state index in [2.05, 4.69) is 10.3 Å². The number of furan rings is 1. The SMILES string of the molecule is NC(=O)c1cncc(C(=O)NC2COC3(CCN(C(=O)c4ccc(C(N)=O)o4)C3)C2)c1. The van der Waals surface area contributed by atoms with Gasteiger partial charge in [-0.1, -0.05) is 0 Å². The van der Waals surface area contributed by atoms with E-state index in [4.69, 9.17) is 20.6 Å². The fourth-order valence-electron chi connectivity index (χ4n) is 3.95. The Morgan fingerprint density at radius 3 is 2.55 bits per heavy atom. The Labute approximate surface area is 176 Å². The zero-order valence-electron chi connectivity index (χ0n) is 16.5. The van der Waals surface area contributed by atoms with Gasteiger partial charge < -0.3 is 30.8 Å². The molecule has 11 nitrogen and oxygen atoms in total. The second kappa shape index (κ2) is 7.84. The van der Waals surface area contributed by atoms with Crippen LogP contribution in [0.15, 0.2) is 35.0 Å². The molecule has 2 aliphatic rings. The van der Waals surface area contributed by atoms with E-state index >= 15 is 0 Å². The van der Waals surface area contributed by atoms with E-state index in [0.717, 1.165) is 0 Å². The molecule has 2 fully saturated rings. The molecule has 2 atom stereocenters. The van der Waals surface area contributed by atoms with Crippen molar-refractivity contribution < 1.29 is 28.3 Å². The lowest BCUT2D eigenvalue weighted by Gasteiger charge is -2.23. The third kappa shape index (κ3) is 4.12. The van der Waals surface area contributed by atoms with Crippen molar-refractivity contribution in [2.45, 2.75) is 24.5 Å². The minimum Gasteiger partial charge on any atom is -0.446 e. The Balaban J connectivity index is 1.36. The quantitative estimate of drug-likeness (QED) is 0.586. The number of nitrogens with one attached hydrogen (secondary N) is 1. The van der Waals surface area contributed by atoms with E-state index in [0.29, 0.717) is 32.5 Å². The number of nitrogens with two attached hydrogens (primary N) is 2. The molecular formula is C20H21N5O6. The van der Waals surface area contributed by atoms with Gasteiger partial charge in [0, 0.05) is 25.4 Å². The van der Waals surface area contributed by atoms with Gasteiger partial charge in [0.2, 0.25) is 5.91 Å². The Morgan fingerprint density at radius 1 is 1.10 bits per heavy atom. The highest BCUT2D eigenvalue weighted by atomic mass is 16.5. The average Bonchev–Trinajstić information content (AvgIpc) is 3.48. The Bertz CT molecular complexity index is 1070. The first kappa shape index (κ1) is 20.5. The Hall–Kier alpha value is -3.73. The van der Waals surface area contributed by atoms with Crippen molar-refractivity contribution in [1.29, 1.82) is 0 Å². The van der Waals surface area contributed by atoms with Crippen LogP contribution in [-0.2, 0) is 4.74 Å². The smallest absolute Gasteiger partial charge is 0.289 e. The Kier molecular flexibility index (Phi) is 5.19. The molecule has 162 valence electrons. The average molecular weight is 427 g/mol. The second-order valence-corrected chi connectivity index (χ2v) is 7.70. The summed E-state index contributed by atoms with van der Waals surface area (Å²) in [6.07, 6.45) is 3.78. The van der Waals surface area contributed by atoms with Gasteiger partial charge in [0.05, 0.1) is 35.9 Å². The molecule has 4 rings (SSSR count). The van der Waals surface area contributed by atoms with Crippen molar-refractivity contribution in [3.63, 3.8) is 0 Å². The number of carbonyl (C=O) groups is 4. The highest BCUT2D eigenvalue weighted by molar-refractivity contribution is 5.98. The molecule has 0 aliphatic carbocycles. The maximum Gasteiger partial charge on any atom is 0.289 e. The third-order valence-corrected chi connectivity index (χ3v) is 5.49. The summed E-state index contributed by atoms with van der Waals surface area (Å²) in [4.78, 5) is 53.1. The number of hydrogen-bond acceptors (Lipinski definition) is 7. The molecule has 0 radical (unpaired) electrons. The van der Waals surface area contributed by atoms with Crippen LogP contribution in [0.4, 0.5) is 0 Å². The highest BCUT2D eigenvalue weighted by Gasteiger charge is 2.47. The normalized spacial score (nSPS) is 22.6. The minimum atomic E-state index is -0.744. The molecule has 31 heavy (non-hydrogen) atoms. The fraction of sp³-hybridized carbons (Fsp3) is 0.350. The number of aromatic nitrogens is 1. The van der Waals surface area contributed by atoms with Gasteiger partial charge in [0.15, 0.2) is 11.5 Å². The molecule has 2 aromatic rings. The van der Waals surface area contributed by atoms with Gasteiger partial charge in [0.25, 0.3) is 17.7 Å². The molecule has 0 aromatic carbocycles. The van der Waals surface area contributed by atoms with Crippen molar-refractivity contribution in [3.8, 4) is 0 Å². The standard InChI is InChI=1S/C20H21N5O6/c21-16(26)11-5-12(8-23-7-11)18(28)24-13-6-20(30-9-13)3-4-25(10-20)19(29)15-2-1-14(31-15)17(22)27/h1-2,5,7-8,13H,3-4,6,9-10H2,(H2,21,26)(H2,22,27)(H,24,28). The molecule has 2 aliphatic heterocycles. The summed E-state index contributed by atoms with van der Waals surface area (Å²) in [5.41, 5.74) is 10.2. The van der Waals surface area contributed by atoms with Crippen LogP contribution in [0.5, 0.6) is 0 Å². The summed E-state index contributed by atoms with van der Waals surface area (Å²) in [7, 11) is 0. The minimum absolute atomic E-state index is 0.0375. The number of amides is 4. The van der Waals surface area contributed by atoms with Crippen molar-refractivity contribution >= 4 is 23.6 Å². The zero-order valence-corrected chi connectivity index (χ0v) is 16.5. The Morgan fingerprint density at radius 2 is 1.84 bits per heavy atom. The first-order chi connectivity index (χ1) is 14.8. The summed E-state index contributed by atoms with van der Waals surface area (Å²) in [5, 5.41) is 2.87. The van der Waals surface area contributed by atoms with E-state index in [-0.39, 0.29) is 40.5 Å². The van der Waals surface area contributed by atoms with E-state index in [9.17, 15) is 19.2 Å². The van der Waals surface area contributed by atoms with Crippen molar-refractivity contribution in [3.05, 3.63) is 53.2 Å². The monoisotopic (exact) mass is 427 g/mol. The molecule has 4 amide bonds. The zero-order chi connectivity index (χ0) is 22.2. The van der Waals surface area contributed by atoms with Crippen LogP contribution >= 0.6 is 0 Å². The predicted molar refractivity (Wildman–Crippen MR) is 105 cm³/mol. The maximum absolute atomic E-state index is 12.7. The number of carbonyl (C=O) groups excluding carboxylic acids is 4. The van der Waals surface area contributed by atoms with Gasteiger partial charge in [-0.3, -0.25) is 24.2 Å². The van der Waals surface area contributed by atoms with Crippen molar-refractivity contribution in [2.24, 2.45) is 11.5 Å². The summed E-state index contributed by atoms with van der Waals surface area (Å²) in [6, 6.07) is 3.90.